The standard InChI is InChI=1S/C19H31N3O7/c1-5-28-15(25)10-20-16(26)13-8-12-6-7-22(19(12,13)11-23)14(24)9-21-17(27)29-18(2,3)4/h12-13,23H,5-11H2,1-4H3,(H,20,26)(H,21,27)/t12-,13+,19-/m1/s1. The van der Waals surface area contributed by atoms with Crippen LogP contribution in [0.3, 0.4) is 0 Å². The van der Waals surface area contributed by atoms with Crippen molar-refractivity contribution in [2.75, 3.05) is 32.8 Å². The maximum atomic E-state index is 12.7. The van der Waals surface area contributed by atoms with Gasteiger partial charge in [-0.3, -0.25) is 14.4 Å². The lowest BCUT2D eigenvalue weighted by Gasteiger charge is -2.54. The molecule has 0 spiro atoms. The van der Waals surface area contributed by atoms with Crippen LogP contribution in [-0.2, 0) is 23.9 Å². The highest BCUT2D eigenvalue weighted by Crippen LogP contribution is 2.54. The highest BCUT2D eigenvalue weighted by atomic mass is 16.6. The largest absolute Gasteiger partial charge is 0.465 e. The first-order chi connectivity index (χ1) is 13.5. The molecule has 2 fully saturated rings. The molecule has 0 aromatic heterocycles. The second kappa shape index (κ2) is 8.98. The number of aliphatic hydroxyl groups excluding tert-OH is 1. The highest BCUT2D eigenvalue weighted by Gasteiger charge is 2.65. The molecule has 1 heterocycles. The van der Waals surface area contributed by atoms with Crippen molar-refractivity contribution in [2.24, 2.45) is 11.8 Å². The Bertz CT molecular complexity index is 661. The Morgan fingerprint density at radius 3 is 2.45 bits per heavy atom. The fourth-order valence-corrected chi connectivity index (χ4v) is 4.15. The van der Waals surface area contributed by atoms with Crippen LogP contribution in [0.15, 0.2) is 0 Å². The van der Waals surface area contributed by atoms with E-state index in [1.807, 2.05) is 0 Å². The molecule has 0 radical (unpaired) electrons. The number of alkyl carbamates (subject to hydrolysis) is 1. The van der Waals surface area contributed by atoms with Gasteiger partial charge in [-0.2, -0.15) is 0 Å². The minimum absolute atomic E-state index is 0.00341. The first kappa shape index (κ1) is 22.9. The third kappa shape index (κ3) is 4.98. The van der Waals surface area contributed by atoms with Crippen LogP contribution >= 0.6 is 0 Å². The van der Waals surface area contributed by atoms with Gasteiger partial charge in [0.15, 0.2) is 0 Å². The number of amides is 3. The van der Waals surface area contributed by atoms with Gasteiger partial charge in [0.25, 0.3) is 0 Å². The fourth-order valence-electron chi connectivity index (χ4n) is 4.15. The Balaban J connectivity index is 1.98. The van der Waals surface area contributed by atoms with E-state index in [0.717, 1.165) is 0 Å². The first-order valence-electron chi connectivity index (χ1n) is 9.86. The van der Waals surface area contributed by atoms with Crippen molar-refractivity contribution in [1.82, 2.24) is 15.5 Å². The van der Waals surface area contributed by atoms with Crippen molar-refractivity contribution < 1.29 is 33.8 Å². The summed E-state index contributed by atoms with van der Waals surface area (Å²) in [4.78, 5) is 50.1. The predicted molar refractivity (Wildman–Crippen MR) is 102 cm³/mol. The third-order valence-electron chi connectivity index (χ3n) is 5.40. The molecule has 0 bridgehead atoms. The number of esters is 1. The Kier molecular flexibility index (Phi) is 7.10. The normalized spacial score (nSPS) is 25.5. The molecule has 0 aromatic rings. The lowest BCUT2D eigenvalue weighted by molar-refractivity contribution is -0.160. The second-order valence-electron chi connectivity index (χ2n) is 8.35. The maximum Gasteiger partial charge on any atom is 0.408 e. The molecule has 3 N–H and O–H groups in total. The number of hydrogen-bond acceptors (Lipinski definition) is 7. The van der Waals surface area contributed by atoms with E-state index >= 15 is 0 Å². The molecule has 3 atom stereocenters. The quantitative estimate of drug-likeness (QED) is 0.492. The van der Waals surface area contributed by atoms with Gasteiger partial charge in [-0.05, 0) is 46.5 Å². The molecule has 3 amide bonds. The van der Waals surface area contributed by atoms with E-state index in [9.17, 15) is 24.3 Å². The number of carbonyl (C=O) groups is 4. The Labute approximate surface area is 170 Å². The summed E-state index contributed by atoms with van der Waals surface area (Å²) in [7, 11) is 0. The zero-order chi connectivity index (χ0) is 21.8. The van der Waals surface area contributed by atoms with E-state index in [-0.39, 0.29) is 32.2 Å². The summed E-state index contributed by atoms with van der Waals surface area (Å²) in [5.74, 6) is -1.97. The van der Waals surface area contributed by atoms with Crippen molar-refractivity contribution in [1.29, 1.82) is 0 Å². The number of aliphatic hydroxyl groups is 1. The van der Waals surface area contributed by atoms with Gasteiger partial charge in [0.05, 0.1) is 24.7 Å². The van der Waals surface area contributed by atoms with Crippen molar-refractivity contribution in [3.05, 3.63) is 0 Å². The summed E-state index contributed by atoms with van der Waals surface area (Å²) >= 11 is 0. The van der Waals surface area contributed by atoms with Crippen LogP contribution in [0, 0.1) is 11.8 Å². The summed E-state index contributed by atoms with van der Waals surface area (Å²) in [6.07, 6.45) is 0.482. The number of ether oxygens (including phenoxy) is 2. The minimum Gasteiger partial charge on any atom is -0.465 e. The topological polar surface area (TPSA) is 134 Å². The number of hydrogen-bond donors (Lipinski definition) is 3. The third-order valence-corrected chi connectivity index (χ3v) is 5.40. The van der Waals surface area contributed by atoms with E-state index in [1.54, 1.807) is 27.7 Å². The van der Waals surface area contributed by atoms with Gasteiger partial charge in [0.2, 0.25) is 11.8 Å². The molecular weight excluding hydrogens is 382 g/mol. The molecule has 29 heavy (non-hydrogen) atoms. The molecule has 2 aliphatic rings. The first-order valence-corrected chi connectivity index (χ1v) is 9.86. The zero-order valence-electron chi connectivity index (χ0n) is 17.4. The molecule has 2 rings (SSSR count). The maximum absolute atomic E-state index is 12.7. The van der Waals surface area contributed by atoms with E-state index in [2.05, 4.69) is 10.6 Å². The number of nitrogens with one attached hydrogen (secondary N) is 2. The van der Waals surface area contributed by atoms with Gasteiger partial charge < -0.3 is 30.1 Å². The smallest absolute Gasteiger partial charge is 0.408 e. The van der Waals surface area contributed by atoms with Crippen molar-refractivity contribution in [2.45, 2.75) is 51.7 Å². The monoisotopic (exact) mass is 413 g/mol. The Morgan fingerprint density at radius 2 is 1.86 bits per heavy atom. The molecule has 10 heteroatoms. The lowest BCUT2D eigenvalue weighted by Crippen LogP contribution is -2.69. The average Bonchev–Trinajstić information content (AvgIpc) is 2.89. The summed E-state index contributed by atoms with van der Waals surface area (Å²) in [6.45, 7) is 6.51. The molecule has 10 nitrogen and oxygen atoms in total. The number of likely N-dealkylation sites (tertiary alicyclic amines) is 1. The van der Waals surface area contributed by atoms with Crippen LogP contribution in [-0.4, -0.2) is 77.9 Å². The summed E-state index contributed by atoms with van der Waals surface area (Å²) in [5.41, 5.74) is -1.69. The minimum atomic E-state index is -1.01. The van der Waals surface area contributed by atoms with Gasteiger partial charge in [-0.25, -0.2) is 4.79 Å². The second-order valence-corrected chi connectivity index (χ2v) is 8.35. The fraction of sp³-hybridized carbons (Fsp3) is 0.789. The van der Waals surface area contributed by atoms with Crippen molar-refractivity contribution >= 4 is 23.9 Å². The van der Waals surface area contributed by atoms with Crippen LogP contribution in [0.2, 0.25) is 0 Å². The molecule has 1 saturated heterocycles. The van der Waals surface area contributed by atoms with Gasteiger partial charge >= 0.3 is 12.1 Å². The molecule has 0 aromatic carbocycles. The van der Waals surface area contributed by atoms with Crippen LogP contribution in [0.5, 0.6) is 0 Å². The average molecular weight is 413 g/mol. The molecule has 1 aliphatic heterocycles. The van der Waals surface area contributed by atoms with Crippen molar-refractivity contribution in [3.8, 4) is 0 Å². The van der Waals surface area contributed by atoms with Gasteiger partial charge in [-0.15, -0.1) is 0 Å². The van der Waals surface area contributed by atoms with Gasteiger partial charge in [0, 0.05) is 6.54 Å². The highest BCUT2D eigenvalue weighted by molar-refractivity contribution is 5.88. The van der Waals surface area contributed by atoms with Crippen molar-refractivity contribution in [3.63, 3.8) is 0 Å². The zero-order valence-corrected chi connectivity index (χ0v) is 17.4. The van der Waals surface area contributed by atoms with Crippen LogP contribution in [0.4, 0.5) is 4.79 Å². The number of nitrogens with zero attached hydrogens (tertiary/aromatic N) is 1. The Hall–Kier alpha value is -2.36. The predicted octanol–water partition coefficient (Wildman–Crippen LogP) is -0.210. The van der Waals surface area contributed by atoms with E-state index < -0.39 is 40.9 Å². The summed E-state index contributed by atoms with van der Waals surface area (Å²) in [5, 5.41) is 15.0. The van der Waals surface area contributed by atoms with Crippen LogP contribution in [0.25, 0.3) is 0 Å². The molecule has 164 valence electrons. The summed E-state index contributed by atoms with van der Waals surface area (Å²) < 4.78 is 9.91. The van der Waals surface area contributed by atoms with E-state index in [1.165, 1.54) is 4.90 Å². The van der Waals surface area contributed by atoms with Gasteiger partial charge in [0.1, 0.15) is 18.7 Å². The van der Waals surface area contributed by atoms with Crippen LogP contribution in [0.1, 0.15) is 40.5 Å². The van der Waals surface area contributed by atoms with E-state index in [0.29, 0.717) is 19.4 Å². The Morgan fingerprint density at radius 1 is 1.17 bits per heavy atom. The van der Waals surface area contributed by atoms with Crippen LogP contribution < -0.4 is 10.6 Å². The lowest BCUT2D eigenvalue weighted by atomic mass is 9.58. The molecule has 1 saturated carbocycles. The number of fused-ring (bicyclic) bond motifs is 1. The number of rotatable bonds is 7. The molecule has 1 aliphatic carbocycles. The van der Waals surface area contributed by atoms with E-state index in [4.69, 9.17) is 9.47 Å². The number of carbonyl (C=O) groups excluding carboxylic acids is 4. The molecular formula is C19H31N3O7. The van der Waals surface area contributed by atoms with Gasteiger partial charge in [-0.1, -0.05) is 0 Å². The molecule has 0 unspecified atom stereocenters. The summed E-state index contributed by atoms with van der Waals surface area (Å²) in [6, 6.07) is 0. The SMILES string of the molecule is CCOC(=O)CNC(=O)[C@@H]1C[C@H]2CCN(C(=O)CNC(=O)OC(C)(C)C)[C@]21CO.